The minimum Gasteiger partial charge on any atom is -0.494 e. The second kappa shape index (κ2) is 10.4. The molecule has 10 heteroatoms. The summed E-state index contributed by atoms with van der Waals surface area (Å²) in [5.41, 5.74) is 1.01. The fourth-order valence-electron chi connectivity index (χ4n) is 3.94. The number of allylic oxidation sites excluding steroid dienone is 1. The van der Waals surface area contributed by atoms with Gasteiger partial charge in [0.2, 0.25) is 5.91 Å². The number of aromatic amines is 1. The maximum atomic E-state index is 12.4. The number of methoxy groups -OCH3 is 1. The Hall–Kier alpha value is -3.56. The van der Waals surface area contributed by atoms with Gasteiger partial charge in [0.1, 0.15) is 23.6 Å². The minimum atomic E-state index is -0.155. The lowest BCUT2D eigenvalue weighted by Gasteiger charge is -2.20. The molecule has 0 unspecified atom stereocenters. The molecule has 2 aliphatic rings. The van der Waals surface area contributed by atoms with Crippen LogP contribution in [0.2, 0.25) is 0 Å². The Bertz CT molecular complexity index is 1090. The molecular weight excluding hydrogens is 424 g/mol. The number of carbonyl (C=O) groups excluding carboxylic acids is 1. The Labute approximate surface area is 192 Å². The molecule has 3 N–H and O–H groups in total. The van der Waals surface area contributed by atoms with E-state index >= 15 is 0 Å². The van der Waals surface area contributed by atoms with Crippen LogP contribution in [-0.2, 0) is 14.3 Å². The largest absolute Gasteiger partial charge is 0.494 e. The third kappa shape index (κ3) is 5.27. The molecule has 176 valence electrons. The van der Waals surface area contributed by atoms with Crippen molar-refractivity contribution in [2.24, 2.45) is 4.99 Å². The molecule has 2 aromatic heterocycles. The summed E-state index contributed by atoms with van der Waals surface area (Å²) in [6.07, 6.45) is 10.5. The first-order chi connectivity index (χ1) is 16.1. The summed E-state index contributed by atoms with van der Waals surface area (Å²) in [4.78, 5) is 30.3. The van der Waals surface area contributed by atoms with Crippen molar-refractivity contribution in [3.8, 4) is 5.88 Å². The standard InChI is InChI=1S/C23H30N6O4/c1-29-10-9-24-21-20-16(23(31)28-22(20)27-14-26-21)13-25-15-7-8-17(32-2)18(12-15)33-11-5-3-4-6-19(29)30/h7-8,13-15,31H,3-6,9-12H2,1-2H3,(H2,24,26,27,28)/t15-/m0/s1. The summed E-state index contributed by atoms with van der Waals surface area (Å²) in [5.74, 6) is 2.10. The fraction of sp³-hybridized carbons (Fsp3) is 0.478. The predicted octanol–water partition coefficient (Wildman–Crippen LogP) is 2.73. The van der Waals surface area contributed by atoms with Crippen molar-refractivity contribution in [2.75, 3.05) is 39.2 Å². The summed E-state index contributed by atoms with van der Waals surface area (Å²) >= 11 is 0. The van der Waals surface area contributed by atoms with E-state index in [1.807, 2.05) is 12.2 Å². The van der Waals surface area contributed by atoms with Gasteiger partial charge in [-0.2, -0.15) is 0 Å². The van der Waals surface area contributed by atoms with Crippen LogP contribution in [0, 0.1) is 0 Å². The highest BCUT2D eigenvalue weighted by atomic mass is 16.5. The number of carbonyl (C=O) groups is 1. The lowest BCUT2D eigenvalue weighted by atomic mass is 10.1. The zero-order chi connectivity index (χ0) is 23.2. The van der Waals surface area contributed by atoms with Crippen LogP contribution in [-0.4, -0.2) is 77.0 Å². The molecule has 1 amide bonds. The zero-order valence-electron chi connectivity index (χ0n) is 19.0. The van der Waals surface area contributed by atoms with Crippen molar-refractivity contribution in [2.45, 2.75) is 38.1 Å². The number of nitrogens with one attached hydrogen (secondary N) is 2. The maximum absolute atomic E-state index is 12.4. The highest BCUT2D eigenvalue weighted by Gasteiger charge is 2.20. The minimum absolute atomic E-state index is 0.0279. The Morgan fingerprint density at radius 1 is 1.27 bits per heavy atom. The number of nitrogens with zero attached hydrogens (tertiary/aromatic N) is 4. The molecule has 2 bridgehead atoms. The van der Waals surface area contributed by atoms with Gasteiger partial charge in [0.15, 0.2) is 11.6 Å². The van der Waals surface area contributed by atoms with Gasteiger partial charge >= 0.3 is 0 Å². The van der Waals surface area contributed by atoms with Gasteiger partial charge < -0.3 is 29.8 Å². The van der Waals surface area contributed by atoms with Crippen LogP contribution in [0.5, 0.6) is 5.88 Å². The number of amides is 1. The number of likely N-dealkylation sites (N-methyl/N-ethyl adjacent to an activating group) is 1. The van der Waals surface area contributed by atoms with Crippen molar-refractivity contribution >= 4 is 29.0 Å². The van der Waals surface area contributed by atoms with E-state index in [0.29, 0.717) is 60.7 Å². The summed E-state index contributed by atoms with van der Waals surface area (Å²) in [5, 5.41) is 14.4. The number of H-pyrrole nitrogens is 1. The van der Waals surface area contributed by atoms with Crippen molar-refractivity contribution < 1.29 is 19.4 Å². The number of rotatable bonds is 1. The van der Waals surface area contributed by atoms with Gasteiger partial charge in [-0.1, -0.05) is 6.08 Å². The van der Waals surface area contributed by atoms with E-state index in [2.05, 4.69) is 25.3 Å². The van der Waals surface area contributed by atoms with E-state index in [4.69, 9.17) is 9.47 Å². The first kappa shape index (κ1) is 22.6. The second-order valence-electron chi connectivity index (χ2n) is 8.13. The van der Waals surface area contributed by atoms with Gasteiger partial charge in [-0.25, -0.2) is 9.97 Å². The molecule has 0 spiro atoms. The number of anilines is 1. The average molecular weight is 455 g/mol. The number of hydrogen-bond donors (Lipinski definition) is 3. The van der Waals surface area contributed by atoms with Gasteiger partial charge in [-0.15, -0.1) is 0 Å². The smallest absolute Gasteiger partial charge is 0.222 e. The van der Waals surface area contributed by atoms with E-state index in [9.17, 15) is 9.90 Å². The first-order valence-corrected chi connectivity index (χ1v) is 11.2. The van der Waals surface area contributed by atoms with Gasteiger partial charge in [0.05, 0.1) is 30.7 Å². The molecule has 33 heavy (non-hydrogen) atoms. The molecule has 2 aromatic rings. The molecular formula is C23H30N6O4. The first-order valence-electron chi connectivity index (χ1n) is 11.2. The van der Waals surface area contributed by atoms with Gasteiger partial charge in [-0.05, 0) is 25.3 Å². The van der Waals surface area contributed by atoms with Crippen molar-refractivity contribution in [1.82, 2.24) is 19.9 Å². The zero-order valence-corrected chi connectivity index (χ0v) is 19.0. The summed E-state index contributed by atoms with van der Waals surface area (Å²) in [7, 11) is 3.42. The normalized spacial score (nSPS) is 20.6. The topological polar surface area (TPSA) is 125 Å². The molecule has 4 rings (SSSR count). The van der Waals surface area contributed by atoms with Crippen molar-refractivity contribution in [1.29, 1.82) is 0 Å². The summed E-state index contributed by atoms with van der Waals surface area (Å²) in [6.45, 7) is 1.61. The monoisotopic (exact) mass is 454 g/mol. The average Bonchev–Trinajstić information content (AvgIpc) is 3.14. The molecule has 3 heterocycles. The summed E-state index contributed by atoms with van der Waals surface area (Å²) < 4.78 is 11.4. The fourth-order valence-corrected chi connectivity index (χ4v) is 3.94. The second-order valence-corrected chi connectivity index (χ2v) is 8.13. The van der Waals surface area contributed by atoms with E-state index in [0.717, 1.165) is 25.0 Å². The van der Waals surface area contributed by atoms with E-state index in [1.165, 1.54) is 6.33 Å². The van der Waals surface area contributed by atoms with Crippen molar-refractivity contribution in [3.63, 3.8) is 0 Å². The molecule has 0 saturated heterocycles. The lowest BCUT2D eigenvalue weighted by molar-refractivity contribution is -0.129. The molecule has 1 atom stereocenters. The van der Waals surface area contributed by atoms with Gasteiger partial charge in [0.25, 0.3) is 0 Å². The Kier molecular flexibility index (Phi) is 7.11. The van der Waals surface area contributed by atoms with E-state index in [1.54, 1.807) is 25.3 Å². The SMILES string of the molecule is COC1=C2C[C@H](C=C1)N=Cc1c(O)[nH]c3ncnc(c13)NCCN(C)C(=O)CCCCCO2. The Morgan fingerprint density at radius 2 is 2.15 bits per heavy atom. The number of aliphatic imine (C=N–C) groups is 1. The highest BCUT2D eigenvalue weighted by Crippen LogP contribution is 2.30. The van der Waals surface area contributed by atoms with Crippen LogP contribution in [0.3, 0.4) is 0 Å². The van der Waals surface area contributed by atoms with Crippen LogP contribution >= 0.6 is 0 Å². The lowest BCUT2D eigenvalue weighted by Crippen LogP contribution is -2.31. The molecule has 10 nitrogen and oxygen atoms in total. The molecule has 0 saturated carbocycles. The third-order valence-corrected chi connectivity index (χ3v) is 5.84. The number of hydrogen-bond acceptors (Lipinski definition) is 8. The summed E-state index contributed by atoms with van der Waals surface area (Å²) in [6, 6.07) is -0.155. The number of ether oxygens (including phenoxy) is 2. The van der Waals surface area contributed by atoms with Crippen LogP contribution in [0.15, 0.2) is 35.0 Å². The number of aromatic nitrogens is 3. The van der Waals surface area contributed by atoms with Crippen LogP contribution in [0.4, 0.5) is 5.82 Å². The molecule has 1 aliphatic heterocycles. The van der Waals surface area contributed by atoms with Crippen molar-refractivity contribution in [3.05, 3.63) is 35.6 Å². The maximum Gasteiger partial charge on any atom is 0.222 e. The molecule has 1 aliphatic carbocycles. The van der Waals surface area contributed by atoms with Gasteiger partial charge in [0, 0.05) is 39.2 Å². The van der Waals surface area contributed by atoms with Crippen LogP contribution < -0.4 is 5.32 Å². The predicted molar refractivity (Wildman–Crippen MR) is 125 cm³/mol. The number of aromatic hydroxyl groups is 1. The molecule has 0 fully saturated rings. The van der Waals surface area contributed by atoms with E-state index in [-0.39, 0.29) is 17.8 Å². The highest BCUT2D eigenvalue weighted by molar-refractivity contribution is 6.05. The Balaban J connectivity index is 1.63. The van der Waals surface area contributed by atoms with Crippen LogP contribution in [0.25, 0.3) is 11.0 Å². The quantitative estimate of drug-likeness (QED) is 0.605. The Morgan fingerprint density at radius 3 is 3.00 bits per heavy atom. The van der Waals surface area contributed by atoms with E-state index < -0.39 is 0 Å². The van der Waals surface area contributed by atoms with Crippen LogP contribution in [0.1, 0.15) is 37.7 Å². The third-order valence-electron chi connectivity index (χ3n) is 5.84. The van der Waals surface area contributed by atoms with Gasteiger partial charge in [-0.3, -0.25) is 9.79 Å². The molecule has 0 aromatic carbocycles. The molecule has 0 radical (unpaired) electrons. The number of fused-ring (bicyclic) bond motifs is 2.